The Bertz CT molecular complexity index is 1150. The summed E-state index contributed by atoms with van der Waals surface area (Å²) >= 11 is 7.03. The van der Waals surface area contributed by atoms with Crippen molar-refractivity contribution >= 4 is 40.6 Å². The molecule has 1 saturated heterocycles. The van der Waals surface area contributed by atoms with Gasteiger partial charge in [-0.15, -0.1) is 0 Å². The van der Waals surface area contributed by atoms with E-state index in [4.69, 9.17) is 16.3 Å². The lowest BCUT2D eigenvalue weighted by atomic mass is 10.2. The molecule has 1 fully saturated rings. The molecule has 0 aliphatic carbocycles. The molecule has 0 N–H and O–H groups in total. The topological polar surface area (TPSA) is 46.6 Å². The standard InChI is InChI=1S/C24H17ClFNO3S/c25-21-4-2-1-3-18(21)15-30-20-11-7-16(8-12-20)13-22-23(28)27(24(29)31-22)14-17-5-9-19(26)10-6-17/h1-13H,14-15H2/b22-13-. The van der Waals surface area contributed by atoms with Gasteiger partial charge in [-0.05, 0) is 59.3 Å². The van der Waals surface area contributed by atoms with Gasteiger partial charge < -0.3 is 4.74 Å². The van der Waals surface area contributed by atoms with Gasteiger partial charge >= 0.3 is 0 Å². The third kappa shape index (κ3) is 5.16. The molecule has 4 nitrogen and oxygen atoms in total. The van der Waals surface area contributed by atoms with E-state index in [1.54, 1.807) is 30.3 Å². The smallest absolute Gasteiger partial charge is 0.293 e. The molecule has 2 amide bonds. The van der Waals surface area contributed by atoms with Gasteiger partial charge in [-0.3, -0.25) is 14.5 Å². The summed E-state index contributed by atoms with van der Waals surface area (Å²) in [7, 11) is 0. The second-order valence-electron chi connectivity index (χ2n) is 6.84. The Labute approximate surface area is 188 Å². The van der Waals surface area contributed by atoms with Crippen LogP contribution in [0.4, 0.5) is 9.18 Å². The average Bonchev–Trinajstić information content (AvgIpc) is 3.03. The molecule has 0 radical (unpaired) electrons. The minimum Gasteiger partial charge on any atom is -0.489 e. The molecule has 7 heteroatoms. The van der Waals surface area contributed by atoms with E-state index in [-0.39, 0.29) is 23.5 Å². The van der Waals surface area contributed by atoms with Crippen LogP contribution in [-0.4, -0.2) is 16.0 Å². The third-order valence-corrected chi connectivity index (χ3v) is 5.93. The zero-order chi connectivity index (χ0) is 21.8. The van der Waals surface area contributed by atoms with Crippen LogP contribution in [0.25, 0.3) is 6.08 Å². The fourth-order valence-corrected chi connectivity index (χ4v) is 4.03. The Morgan fingerprint density at radius 1 is 0.968 bits per heavy atom. The number of imide groups is 1. The Morgan fingerprint density at radius 3 is 2.39 bits per heavy atom. The van der Waals surface area contributed by atoms with E-state index in [1.807, 2.05) is 36.4 Å². The fraction of sp³-hybridized carbons (Fsp3) is 0.0833. The fourth-order valence-electron chi connectivity index (χ4n) is 3.00. The molecule has 31 heavy (non-hydrogen) atoms. The van der Waals surface area contributed by atoms with Gasteiger partial charge in [0.2, 0.25) is 0 Å². The zero-order valence-corrected chi connectivity index (χ0v) is 17.8. The lowest BCUT2D eigenvalue weighted by Crippen LogP contribution is -2.27. The second kappa shape index (κ2) is 9.37. The minimum atomic E-state index is -0.364. The number of ether oxygens (including phenoxy) is 1. The summed E-state index contributed by atoms with van der Waals surface area (Å²) in [4.78, 5) is 26.4. The highest BCUT2D eigenvalue weighted by Crippen LogP contribution is 2.33. The number of carbonyl (C=O) groups excluding carboxylic acids is 2. The summed E-state index contributed by atoms with van der Waals surface area (Å²) in [6.07, 6.45) is 1.67. The van der Waals surface area contributed by atoms with Crippen LogP contribution in [0.5, 0.6) is 5.75 Å². The normalized spacial score (nSPS) is 15.0. The van der Waals surface area contributed by atoms with Gasteiger partial charge in [-0.25, -0.2) is 4.39 Å². The lowest BCUT2D eigenvalue weighted by Gasteiger charge is -2.12. The first-order chi connectivity index (χ1) is 15.0. The molecule has 1 aliphatic heterocycles. The maximum Gasteiger partial charge on any atom is 0.293 e. The van der Waals surface area contributed by atoms with E-state index in [2.05, 4.69) is 0 Å². The number of thioether (sulfide) groups is 1. The summed E-state index contributed by atoms with van der Waals surface area (Å²) in [5.74, 6) is -0.0584. The summed E-state index contributed by atoms with van der Waals surface area (Å²) in [6.45, 7) is 0.457. The van der Waals surface area contributed by atoms with Crippen molar-refractivity contribution in [2.24, 2.45) is 0 Å². The van der Waals surface area contributed by atoms with Crippen LogP contribution in [-0.2, 0) is 17.9 Å². The number of nitrogens with zero attached hydrogens (tertiary/aromatic N) is 1. The Hall–Kier alpha value is -3.09. The average molecular weight is 454 g/mol. The van der Waals surface area contributed by atoms with Crippen LogP contribution in [0.1, 0.15) is 16.7 Å². The van der Waals surface area contributed by atoms with Crippen LogP contribution in [0, 0.1) is 5.82 Å². The molecule has 0 saturated carbocycles. The van der Waals surface area contributed by atoms with Crippen molar-refractivity contribution in [2.75, 3.05) is 0 Å². The molecule has 3 aromatic rings. The molecule has 0 bridgehead atoms. The van der Waals surface area contributed by atoms with Crippen LogP contribution in [0.15, 0.2) is 77.7 Å². The number of hydrogen-bond acceptors (Lipinski definition) is 4. The summed E-state index contributed by atoms with van der Waals surface area (Å²) < 4.78 is 18.8. The number of benzene rings is 3. The molecule has 1 aliphatic rings. The van der Waals surface area contributed by atoms with Gasteiger partial charge in [0, 0.05) is 10.6 Å². The molecule has 0 spiro atoms. The monoisotopic (exact) mass is 453 g/mol. The van der Waals surface area contributed by atoms with Gasteiger partial charge in [-0.2, -0.15) is 0 Å². The van der Waals surface area contributed by atoms with Gasteiger partial charge in [0.15, 0.2) is 0 Å². The van der Waals surface area contributed by atoms with E-state index in [9.17, 15) is 14.0 Å². The van der Waals surface area contributed by atoms with Crippen molar-refractivity contribution in [3.63, 3.8) is 0 Å². The highest BCUT2D eigenvalue weighted by Gasteiger charge is 2.34. The third-order valence-electron chi connectivity index (χ3n) is 4.66. The Balaban J connectivity index is 1.41. The highest BCUT2D eigenvalue weighted by molar-refractivity contribution is 8.18. The Kier molecular flexibility index (Phi) is 6.39. The number of carbonyl (C=O) groups is 2. The summed E-state index contributed by atoms with van der Waals surface area (Å²) in [5.41, 5.74) is 2.35. The molecule has 1 heterocycles. The van der Waals surface area contributed by atoms with Crippen molar-refractivity contribution in [1.82, 2.24) is 4.90 Å². The first kappa shape index (κ1) is 21.2. The number of rotatable bonds is 6. The predicted molar refractivity (Wildman–Crippen MR) is 120 cm³/mol. The SMILES string of the molecule is O=C1S/C(=C\c2ccc(OCc3ccccc3Cl)cc2)C(=O)N1Cc1ccc(F)cc1. The van der Waals surface area contributed by atoms with Crippen LogP contribution < -0.4 is 4.74 Å². The molecular weight excluding hydrogens is 437 g/mol. The maximum absolute atomic E-state index is 13.1. The van der Waals surface area contributed by atoms with Gasteiger partial charge in [-0.1, -0.05) is 54.1 Å². The summed E-state index contributed by atoms with van der Waals surface area (Å²) in [6, 6.07) is 20.4. The van der Waals surface area contributed by atoms with Gasteiger partial charge in [0.05, 0.1) is 11.4 Å². The highest BCUT2D eigenvalue weighted by atomic mass is 35.5. The minimum absolute atomic E-state index is 0.108. The largest absolute Gasteiger partial charge is 0.489 e. The molecule has 0 aromatic heterocycles. The first-order valence-corrected chi connectivity index (χ1v) is 10.6. The Morgan fingerprint density at radius 2 is 1.68 bits per heavy atom. The van der Waals surface area contributed by atoms with Crippen molar-refractivity contribution in [3.8, 4) is 5.75 Å². The summed E-state index contributed by atoms with van der Waals surface area (Å²) in [5, 5.41) is 0.302. The van der Waals surface area contributed by atoms with E-state index in [1.165, 1.54) is 12.1 Å². The van der Waals surface area contributed by atoms with E-state index >= 15 is 0 Å². The van der Waals surface area contributed by atoms with E-state index < -0.39 is 0 Å². The number of hydrogen-bond donors (Lipinski definition) is 0. The number of amides is 2. The van der Waals surface area contributed by atoms with Crippen molar-refractivity contribution < 1.29 is 18.7 Å². The van der Waals surface area contributed by atoms with Crippen LogP contribution in [0.2, 0.25) is 5.02 Å². The molecule has 3 aromatic carbocycles. The van der Waals surface area contributed by atoms with E-state index in [0.29, 0.717) is 27.8 Å². The quantitative estimate of drug-likeness (QED) is 0.411. The van der Waals surface area contributed by atoms with Gasteiger partial charge in [0.25, 0.3) is 11.1 Å². The molecule has 4 rings (SSSR count). The zero-order valence-electron chi connectivity index (χ0n) is 16.3. The van der Waals surface area contributed by atoms with Crippen molar-refractivity contribution in [1.29, 1.82) is 0 Å². The van der Waals surface area contributed by atoms with Crippen molar-refractivity contribution in [2.45, 2.75) is 13.2 Å². The predicted octanol–water partition coefficient (Wildman–Crippen LogP) is 6.29. The van der Waals surface area contributed by atoms with Crippen LogP contribution >= 0.6 is 23.4 Å². The molecule has 0 atom stereocenters. The van der Waals surface area contributed by atoms with Crippen LogP contribution in [0.3, 0.4) is 0 Å². The second-order valence-corrected chi connectivity index (χ2v) is 8.24. The van der Waals surface area contributed by atoms with Gasteiger partial charge in [0.1, 0.15) is 18.2 Å². The maximum atomic E-state index is 13.1. The van der Waals surface area contributed by atoms with Crippen molar-refractivity contribution in [3.05, 3.63) is 105 Å². The molecular formula is C24H17ClFNO3S. The molecule has 0 unspecified atom stereocenters. The lowest BCUT2D eigenvalue weighted by molar-refractivity contribution is -0.123. The van der Waals surface area contributed by atoms with E-state index in [0.717, 1.165) is 27.8 Å². The number of halogens is 2. The first-order valence-electron chi connectivity index (χ1n) is 9.46. The molecule has 156 valence electrons.